The molecular weight excluding hydrogens is 212 g/mol. The van der Waals surface area contributed by atoms with Crippen molar-refractivity contribution in [1.82, 2.24) is 4.72 Å². The minimum absolute atomic E-state index is 0.134. The number of nitrogens with one attached hydrogen (secondary N) is 1. The zero-order chi connectivity index (χ0) is 11.3. The van der Waals surface area contributed by atoms with Crippen molar-refractivity contribution in [2.75, 3.05) is 6.54 Å². The quantitative estimate of drug-likeness (QED) is 0.836. The maximum atomic E-state index is 11.6. The molecule has 0 aromatic heterocycles. The first-order chi connectivity index (χ1) is 7.10. The molecule has 0 amide bonds. The van der Waals surface area contributed by atoms with E-state index in [9.17, 15) is 8.42 Å². The number of benzene rings is 1. The molecule has 0 radical (unpaired) electrons. The minimum Gasteiger partial charge on any atom is -0.211 e. The van der Waals surface area contributed by atoms with Gasteiger partial charge in [0.1, 0.15) is 0 Å². The van der Waals surface area contributed by atoms with Gasteiger partial charge in [0.15, 0.2) is 0 Å². The summed E-state index contributed by atoms with van der Waals surface area (Å²) >= 11 is 0. The molecule has 0 bridgehead atoms. The van der Waals surface area contributed by atoms with Crippen LogP contribution in [0.25, 0.3) is 0 Å². The van der Waals surface area contributed by atoms with E-state index in [-0.39, 0.29) is 4.90 Å². The topological polar surface area (TPSA) is 70.0 Å². The van der Waals surface area contributed by atoms with Gasteiger partial charge >= 0.3 is 0 Å². The molecule has 5 heteroatoms. The van der Waals surface area contributed by atoms with Crippen LogP contribution in [0.1, 0.15) is 18.9 Å². The summed E-state index contributed by atoms with van der Waals surface area (Å²) in [5, 5.41) is 8.64. The number of hydrogen-bond donors (Lipinski definition) is 1. The summed E-state index contributed by atoms with van der Waals surface area (Å²) in [4.78, 5) is 0.134. The van der Waals surface area contributed by atoms with E-state index < -0.39 is 10.0 Å². The lowest BCUT2D eigenvalue weighted by Crippen LogP contribution is -2.24. The number of rotatable bonds is 4. The molecule has 1 N–H and O–H groups in total. The fraction of sp³-hybridized carbons (Fsp3) is 0.300. The normalized spacial score (nSPS) is 10.9. The van der Waals surface area contributed by atoms with Crippen molar-refractivity contribution < 1.29 is 8.42 Å². The van der Waals surface area contributed by atoms with Crippen LogP contribution in [0, 0.1) is 11.3 Å². The SMILES string of the molecule is CCCNS(=O)(=O)c1cccc(C#N)c1. The first-order valence-electron chi connectivity index (χ1n) is 4.60. The molecule has 0 saturated heterocycles. The Labute approximate surface area is 89.6 Å². The van der Waals surface area contributed by atoms with Crippen LogP contribution in [0.3, 0.4) is 0 Å². The van der Waals surface area contributed by atoms with Gasteiger partial charge in [-0.3, -0.25) is 0 Å². The van der Waals surface area contributed by atoms with Gasteiger partial charge in [0.25, 0.3) is 0 Å². The second-order valence-electron chi connectivity index (χ2n) is 3.04. The van der Waals surface area contributed by atoms with Crippen molar-refractivity contribution >= 4 is 10.0 Å². The lowest BCUT2D eigenvalue weighted by Gasteiger charge is -2.05. The Morgan fingerprint density at radius 3 is 2.80 bits per heavy atom. The second kappa shape index (κ2) is 4.91. The van der Waals surface area contributed by atoms with Crippen LogP contribution >= 0.6 is 0 Å². The average Bonchev–Trinajstić information content (AvgIpc) is 2.26. The molecule has 0 aliphatic heterocycles. The molecule has 0 saturated carbocycles. The summed E-state index contributed by atoms with van der Waals surface area (Å²) in [6.07, 6.45) is 0.733. The highest BCUT2D eigenvalue weighted by molar-refractivity contribution is 7.89. The van der Waals surface area contributed by atoms with E-state index in [0.717, 1.165) is 6.42 Å². The van der Waals surface area contributed by atoms with E-state index in [4.69, 9.17) is 5.26 Å². The predicted octanol–water partition coefficient (Wildman–Crippen LogP) is 1.25. The lowest BCUT2D eigenvalue weighted by molar-refractivity contribution is 0.581. The zero-order valence-corrected chi connectivity index (χ0v) is 9.21. The van der Waals surface area contributed by atoms with Gasteiger partial charge in [0.05, 0.1) is 16.5 Å². The van der Waals surface area contributed by atoms with Crippen LogP contribution in [0.2, 0.25) is 0 Å². The summed E-state index contributed by atoms with van der Waals surface area (Å²) < 4.78 is 25.7. The van der Waals surface area contributed by atoms with Gasteiger partial charge in [0.2, 0.25) is 10.0 Å². The van der Waals surface area contributed by atoms with Gasteiger partial charge in [-0.2, -0.15) is 5.26 Å². The molecule has 15 heavy (non-hydrogen) atoms. The van der Waals surface area contributed by atoms with Crippen LogP contribution in [0.5, 0.6) is 0 Å². The van der Waals surface area contributed by atoms with E-state index in [0.29, 0.717) is 12.1 Å². The Morgan fingerprint density at radius 2 is 2.20 bits per heavy atom. The number of sulfonamides is 1. The molecule has 0 aliphatic carbocycles. The third-order valence-corrected chi connectivity index (χ3v) is 3.27. The van der Waals surface area contributed by atoms with Crippen molar-refractivity contribution in [3.63, 3.8) is 0 Å². The van der Waals surface area contributed by atoms with Crippen molar-refractivity contribution in [3.8, 4) is 6.07 Å². The molecule has 1 aromatic rings. The van der Waals surface area contributed by atoms with Crippen LogP contribution in [0.15, 0.2) is 29.2 Å². The highest BCUT2D eigenvalue weighted by atomic mass is 32.2. The van der Waals surface area contributed by atoms with Crippen LogP contribution in [0.4, 0.5) is 0 Å². The fourth-order valence-corrected chi connectivity index (χ4v) is 2.23. The van der Waals surface area contributed by atoms with Crippen molar-refractivity contribution in [1.29, 1.82) is 5.26 Å². The molecule has 0 spiro atoms. The molecule has 0 fully saturated rings. The maximum absolute atomic E-state index is 11.6. The molecule has 1 rings (SSSR count). The van der Waals surface area contributed by atoms with Crippen LogP contribution in [-0.2, 0) is 10.0 Å². The summed E-state index contributed by atoms with van der Waals surface area (Å²) in [5.74, 6) is 0. The van der Waals surface area contributed by atoms with Gasteiger partial charge in [-0.1, -0.05) is 13.0 Å². The summed E-state index contributed by atoms with van der Waals surface area (Å²) in [5.41, 5.74) is 0.342. The molecule has 0 atom stereocenters. The molecule has 4 nitrogen and oxygen atoms in total. The average molecular weight is 224 g/mol. The van der Waals surface area contributed by atoms with E-state index in [2.05, 4.69) is 4.72 Å². The Kier molecular flexibility index (Phi) is 3.83. The van der Waals surface area contributed by atoms with Gasteiger partial charge in [0, 0.05) is 6.54 Å². The first kappa shape index (κ1) is 11.7. The van der Waals surface area contributed by atoms with Crippen molar-refractivity contribution in [2.45, 2.75) is 18.2 Å². The standard InChI is InChI=1S/C10H12N2O2S/c1-2-6-12-15(13,14)10-5-3-4-9(7-10)8-11/h3-5,7,12H,2,6H2,1H3. The predicted molar refractivity (Wildman–Crippen MR) is 56.6 cm³/mol. The molecule has 1 aromatic carbocycles. The van der Waals surface area contributed by atoms with Crippen LogP contribution in [-0.4, -0.2) is 15.0 Å². The largest absolute Gasteiger partial charge is 0.240 e. The Bertz CT molecular complexity index is 474. The number of hydrogen-bond acceptors (Lipinski definition) is 3. The van der Waals surface area contributed by atoms with Crippen LogP contribution < -0.4 is 4.72 Å². The Balaban J connectivity index is 3.01. The van der Waals surface area contributed by atoms with Gasteiger partial charge < -0.3 is 0 Å². The van der Waals surface area contributed by atoms with Crippen molar-refractivity contribution in [2.24, 2.45) is 0 Å². The fourth-order valence-electron chi connectivity index (χ4n) is 1.05. The summed E-state index contributed by atoms with van der Waals surface area (Å²) in [6.45, 7) is 2.29. The molecule has 0 aliphatic rings. The highest BCUT2D eigenvalue weighted by Crippen LogP contribution is 2.10. The summed E-state index contributed by atoms with van der Waals surface area (Å²) in [7, 11) is -3.46. The van der Waals surface area contributed by atoms with E-state index in [1.807, 2.05) is 13.0 Å². The first-order valence-corrected chi connectivity index (χ1v) is 6.08. The third kappa shape index (κ3) is 3.05. The second-order valence-corrected chi connectivity index (χ2v) is 4.80. The summed E-state index contributed by atoms with van der Waals surface area (Å²) in [6, 6.07) is 7.86. The Morgan fingerprint density at radius 1 is 1.47 bits per heavy atom. The van der Waals surface area contributed by atoms with E-state index in [1.165, 1.54) is 12.1 Å². The van der Waals surface area contributed by atoms with E-state index >= 15 is 0 Å². The molecular formula is C10H12N2O2S. The third-order valence-electron chi connectivity index (χ3n) is 1.82. The van der Waals surface area contributed by atoms with Crippen molar-refractivity contribution in [3.05, 3.63) is 29.8 Å². The zero-order valence-electron chi connectivity index (χ0n) is 8.40. The smallest absolute Gasteiger partial charge is 0.211 e. The lowest BCUT2D eigenvalue weighted by atomic mass is 10.2. The minimum atomic E-state index is -3.46. The van der Waals surface area contributed by atoms with E-state index in [1.54, 1.807) is 12.1 Å². The molecule has 0 heterocycles. The number of nitrogens with zero attached hydrogens (tertiary/aromatic N) is 1. The maximum Gasteiger partial charge on any atom is 0.240 e. The number of nitriles is 1. The van der Waals surface area contributed by atoms with Gasteiger partial charge in [-0.15, -0.1) is 0 Å². The molecule has 0 unspecified atom stereocenters. The molecule has 80 valence electrons. The monoisotopic (exact) mass is 224 g/mol. The van der Waals surface area contributed by atoms with Gasteiger partial charge in [-0.05, 0) is 24.6 Å². The highest BCUT2D eigenvalue weighted by Gasteiger charge is 2.12. The Hall–Kier alpha value is -1.38. The van der Waals surface area contributed by atoms with Gasteiger partial charge in [-0.25, -0.2) is 13.1 Å².